The zero-order valence-electron chi connectivity index (χ0n) is 25.4. The lowest BCUT2D eigenvalue weighted by Crippen LogP contribution is -2.48. The second-order valence-corrected chi connectivity index (χ2v) is 17.2. The summed E-state index contributed by atoms with van der Waals surface area (Å²) < 4.78 is 71.1. The number of amides is 1. The van der Waals surface area contributed by atoms with Crippen LogP contribution in [0, 0.1) is 0 Å². The quantitative estimate of drug-likeness (QED) is 0.274. The molecule has 2 unspecified atom stereocenters. The lowest BCUT2D eigenvalue weighted by atomic mass is 9.88. The number of hydrogen-bond acceptors (Lipinski definition) is 10. The Morgan fingerprint density at radius 2 is 1.83 bits per heavy atom. The second-order valence-electron chi connectivity index (χ2n) is 12.0. The summed E-state index contributed by atoms with van der Waals surface area (Å²) >= 11 is 3.34. The van der Waals surface area contributed by atoms with Gasteiger partial charge in [-0.3, -0.25) is 0 Å². The molecule has 1 amide bonds. The van der Waals surface area contributed by atoms with Gasteiger partial charge in [-0.25, -0.2) is 21.6 Å². The standard InChI is InChI=1S/C30H39BrN2O11S2/c1-2-42-26-7-6-21(31)14-27(26)46(40,41)32-12-10-29(11-13-32)16-22(18-44-29)33(28(36)37)17-23(35)19-43-24-4-3-5-25(15-24)45(38,39)30(20-34)8-9-30/h3-7,14-15,22-23,34-35H,2,8-13,16-20H2,1H3,(H,36,37). The van der Waals surface area contributed by atoms with Gasteiger partial charge in [-0.2, -0.15) is 4.31 Å². The molecule has 2 saturated heterocycles. The molecule has 3 N–H and O–H groups in total. The van der Waals surface area contributed by atoms with Crippen molar-refractivity contribution in [3.8, 4) is 11.5 Å². The molecule has 5 rings (SSSR count). The van der Waals surface area contributed by atoms with Crippen molar-refractivity contribution in [1.82, 2.24) is 9.21 Å². The van der Waals surface area contributed by atoms with E-state index in [1.807, 2.05) is 0 Å². The Balaban J connectivity index is 1.17. The number of rotatable bonds is 13. The molecule has 2 atom stereocenters. The van der Waals surface area contributed by atoms with Gasteiger partial charge in [0.2, 0.25) is 10.0 Å². The van der Waals surface area contributed by atoms with E-state index in [1.165, 1.54) is 34.6 Å². The van der Waals surface area contributed by atoms with E-state index in [2.05, 4.69) is 15.9 Å². The molecule has 0 aromatic heterocycles. The van der Waals surface area contributed by atoms with Gasteiger partial charge >= 0.3 is 6.09 Å². The Bertz CT molecular complexity index is 1640. The molecule has 46 heavy (non-hydrogen) atoms. The lowest BCUT2D eigenvalue weighted by molar-refractivity contribution is -0.0319. The number of piperidine rings is 1. The summed E-state index contributed by atoms with van der Waals surface area (Å²) in [5.41, 5.74) is -0.703. The molecule has 13 nitrogen and oxygen atoms in total. The third-order valence-corrected chi connectivity index (χ3v) is 13.9. The van der Waals surface area contributed by atoms with Crippen LogP contribution >= 0.6 is 15.9 Å². The zero-order valence-corrected chi connectivity index (χ0v) is 28.6. The number of aliphatic hydroxyl groups excluding tert-OH is 2. The normalized spacial score (nSPS) is 21.5. The highest BCUT2D eigenvalue weighted by molar-refractivity contribution is 9.10. The van der Waals surface area contributed by atoms with Crippen LogP contribution < -0.4 is 9.47 Å². The Hall–Kier alpha value is -2.47. The van der Waals surface area contributed by atoms with Gasteiger partial charge in [-0.05, 0) is 75.4 Å². The molecule has 16 heteroatoms. The van der Waals surface area contributed by atoms with Crippen LogP contribution in [0.25, 0.3) is 0 Å². The number of ether oxygens (including phenoxy) is 3. The van der Waals surface area contributed by atoms with E-state index in [4.69, 9.17) is 14.2 Å². The summed E-state index contributed by atoms with van der Waals surface area (Å²) in [5.74, 6) is 0.464. The van der Waals surface area contributed by atoms with Crippen molar-refractivity contribution in [3.05, 3.63) is 46.9 Å². The van der Waals surface area contributed by atoms with Gasteiger partial charge in [0, 0.05) is 17.6 Å². The molecule has 3 aliphatic rings. The van der Waals surface area contributed by atoms with E-state index < -0.39 is 55.1 Å². The number of sulfone groups is 1. The summed E-state index contributed by atoms with van der Waals surface area (Å²) in [6.45, 7) is 1.54. The average molecular weight is 748 g/mol. The third-order valence-electron chi connectivity index (χ3n) is 8.96. The fourth-order valence-electron chi connectivity index (χ4n) is 6.09. The molecule has 2 aromatic carbocycles. The minimum Gasteiger partial charge on any atom is -0.492 e. The zero-order chi connectivity index (χ0) is 33.3. The van der Waals surface area contributed by atoms with Crippen LogP contribution in [0.3, 0.4) is 0 Å². The molecule has 2 aromatic rings. The average Bonchev–Trinajstić information content (AvgIpc) is 3.75. The van der Waals surface area contributed by atoms with Gasteiger partial charge in [0.15, 0.2) is 9.84 Å². The summed E-state index contributed by atoms with van der Waals surface area (Å²) in [5, 5.41) is 30.3. The van der Waals surface area contributed by atoms with Gasteiger partial charge in [0.25, 0.3) is 0 Å². The number of carbonyl (C=O) groups is 1. The van der Waals surface area contributed by atoms with E-state index in [-0.39, 0.29) is 54.1 Å². The van der Waals surface area contributed by atoms with Gasteiger partial charge in [0.1, 0.15) is 29.1 Å². The van der Waals surface area contributed by atoms with Crippen LogP contribution in [-0.4, -0.2) is 116 Å². The molecular weight excluding hydrogens is 708 g/mol. The monoisotopic (exact) mass is 746 g/mol. The molecule has 2 aliphatic heterocycles. The first-order valence-corrected chi connectivity index (χ1v) is 18.8. The predicted octanol–water partition coefficient (Wildman–Crippen LogP) is 2.88. The Kier molecular flexibility index (Phi) is 10.3. The van der Waals surface area contributed by atoms with Crippen molar-refractivity contribution in [3.63, 3.8) is 0 Å². The number of nitrogens with zero attached hydrogens (tertiary/aromatic N) is 2. The predicted molar refractivity (Wildman–Crippen MR) is 169 cm³/mol. The summed E-state index contributed by atoms with van der Waals surface area (Å²) in [6.07, 6.45) is -0.621. The minimum atomic E-state index is -3.86. The number of carboxylic acid groups (broad SMARTS) is 1. The van der Waals surface area contributed by atoms with Gasteiger partial charge in [-0.15, -0.1) is 0 Å². The van der Waals surface area contributed by atoms with Crippen LogP contribution in [0.1, 0.15) is 39.0 Å². The topological polar surface area (TPSA) is 180 Å². The van der Waals surface area contributed by atoms with E-state index in [0.29, 0.717) is 43.2 Å². The first-order valence-electron chi connectivity index (χ1n) is 15.1. The van der Waals surface area contributed by atoms with Crippen molar-refractivity contribution in [2.24, 2.45) is 0 Å². The molecular formula is C30H39BrN2O11S2. The molecule has 254 valence electrons. The number of benzene rings is 2. The molecule has 0 radical (unpaired) electrons. The van der Waals surface area contributed by atoms with E-state index in [1.54, 1.807) is 19.1 Å². The summed E-state index contributed by atoms with van der Waals surface area (Å²) in [4.78, 5) is 13.4. The van der Waals surface area contributed by atoms with E-state index >= 15 is 0 Å². The summed E-state index contributed by atoms with van der Waals surface area (Å²) in [6, 6.07) is 10.1. The SMILES string of the molecule is CCOc1ccc(Br)cc1S(=O)(=O)N1CCC2(CC1)CC(N(CC(O)COc1cccc(S(=O)(=O)C3(CO)CC3)c1)C(=O)O)CO2. The number of aliphatic hydroxyl groups is 2. The Labute approximate surface area is 277 Å². The molecule has 2 heterocycles. The summed E-state index contributed by atoms with van der Waals surface area (Å²) in [7, 11) is -7.62. The Morgan fingerprint density at radius 1 is 1.11 bits per heavy atom. The molecule has 3 fully saturated rings. The van der Waals surface area contributed by atoms with E-state index in [9.17, 15) is 36.9 Å². The van der Waals surface area contributed by atoms with Crippen LogP contribution in [0.2, 0.25) is 0 Å². The highest BCUT2D eigenvalue weighted by Crippen LogP contribution is 2.46. The van der Waals surface area contributed by atoms with Crippen molar-refractivity contribution in [2.75, 3.05) is 46.1 Å². The maximum atomic E-state index is 13.5. The molecule has 1 spiro atoms. The number of halogens is 1. The lowest BCUT2D eigenvalue weighted by Gasteiger charge is -2.38. The van der Waals surface area contributed by atoms with Crippen molar-refractivity contribution in [1.29, 1.82) is 0 Å². The van der Waals surface area contributed by atoms with Gasteiger partial charge < -0.3 is 34.4 Å². The minimum absolute atomic E-state index is 0.0109. The first kappa shape index (κ1) is 34.9. The molecule has 0 bridgehead atoms. The number of sulfonamides is 1. The van der Waals surface area contributed by atoms with Crippen LogP contribution in [0.4, 0.5) is 4.79 Å². The van der Waals surface area contributed by atoms with Gasteiger partial charge in [0.05, 0.1) is 47.7 Å². The molecule has 1 aliphatic carbocycles. The molecule has 1 saturated carbocycles. The van der Waals surface area contributed by atoms with E-state index in [0.717, 1.165) is 4.90 Å². The third kappa shape index (κ3) is 7.03. The van der Waals surface area contributed by atoms with Gasteiger partial charge in [-0.1, -0.05) is 22.0 Å². The second kappa shape index (κ2) is 13.6. The van der Waals surface area contributed by atoms with Crippen LogP contribution in [0.15, 0.2) is 56.7 Å². The highest BCUT2D eigenvalue weighted by Gasteiger charge is 2.54. The Morgan fingerprint density at radius 3 is 2.46 bits per heavy atom. The maximum Gasteiger partial charge on any atom is 0.407 e. The highest BCUT2D eigenvalue weighted by atomic mass is 79.9. The van der Waals surface area contributed by atoms with Crippen molar-refractivity contribution >= 4 is 41.9 Å². The first-order chi connectivity index (χ1) is 21.8. The fourth-order valence-corrected chi connectivity index (χ4v) is 10.0. The van der Waals surface area contributed by atoms with Crippen molar-refractivity contribution in [2.45, 2.75) is 71.3 Å². The van der Waals surface area contributed by atoms with Crippen LogP contribution in [-0.2, 0) is 24.6 Å². The largest absolute Gasteiger partial charge is 0.492 e. The fraction of sp³-hybridized carbons (Fsp3) is 0.567. The maximum absolute atomic E-state index is 13.5. The number of hydrogen-bond donors (Lipinski definition) is 3. The van der Waals surface area contributed by atoms with Crippen molar-refractivity contribution < 1.29 is 51.2 Å². The van der Waals surface area contributed by atoms with Crippen LogP contribution in [0.5, 0.6) is 11.5 Å². The smallest absolute Gasteiger partial charge is 0.407 e.